The van der Waals surface area contributed by atoms with E-state index in [-0.39, 0.29) is 0 Å². The van der Waals surface area contributed by atoms with Crippen molar-refractivity contribution in [2.45, 2.75) is 6.92 Å². The topological polar surface area (TPSA) is 12.0 Å². The average molecular weight is 155 g/mol. The molecule has 0 aromatic carbocycles. The first-order chi connectivity index (χ1) is 4.66. The highest BCUT2D eigenvalue weighted by molar-refractivity contribution is 7.96. The standard InChI is InChI=1S/C8H13NS/c1-7(2)5-6-8(3)9-10-4/h5-6,9H,1,3H2,2,4H3/b6-5-. The molecule has 56 valence electrons. The van der Waals surface area contributed by atoms with Crippen LogP contribution in [-0.2, 0) is 0 Å². The largest absolute Gasteiger partial charge is 0.331 e. The molecule has 0 saturated carbocycles. The average Bonchev–Trinajstić information content (AvgIpc) is 1.85. The number of hydrogen-bond acceptors (Lipinski definition) is 2. The van der Waals surface area contributed by atoms with E-state index < -0.39 is 0 Å². The molecule has 0 unspecified atom stereocenters. The summed E-state index contributed by atoms with van der Waals surface area (Å²) in [7, 11) is 0. The molecule has 0 amide bonds. The molecule has 0 saturated heterocycles. The van der Waals surface area contributed by atoms with E-state index in [0.717, 1.165) is 11.3 Å². The second-order valence-corrected chi connectivity index (χ2v) is 2.62. The molecule has 0 radical (unpaired) electrons. The van der Waals surface area contributed by atoms with Gasteiger partial charge in [0.1, 0.15) is 0 Å². The second-order valence-electron chi connectivity index (χ2n) is 2.01. The van der Waals surface area contributed by atoms with Gasteiger partial charge in [-0.1, -0.05) is 36.8 Å². The van der Waals surface area contributed by atoms with Crippen LogP contribution in [0, 0.1) is 0 Å². The van der Waals surface area contributed by atoms with Crippen LogP contribution in [-0.4, -0.2) is 6.26 Å². The summed E-state index contributed by atoms with van der Waals surface area (Å²) >= 11 is 1.53. The highest BCUT2D eigenvalue weighted by Gasteiger charge is 1.81. The van der Waals surface area contributed by atoms with Crippen LogP contribution in [0.3, 0.4) is 0 Å². The van der Waals surface area contributed by atoms with Crippen LogP contribution in [0.2, 0.25) is 0 Å². The van der Waals surface area contributed by atoms with Crippen molar-refractivity contribution in [3.63, 3.8) is 0 Å². The molecule has 1 nitrogen and oxygen atoms in total. The smallest absolute Gasteiger partial charge is 0.0367 e. The zero-order valence-corrected chi connectivity index (χ0v) is 7.29. The molecule has 0 bridgehead atoms. The Morgan fingerprint density at radius 2 is 2.00 bits per heavy atom. The Morgan fingerprint density at radius 3 is 2.40 bits per heavy atom. The summed E-state index contributed by atoms with van der Waals surface area (Å²) in [6, 6.07) is 0. The minimum atomic E-state index is 0.899. The van der Waals surface area contributed by atoms with Gasteiger partial charge in [-0.05, 0) is 13.0 Å². The van der Waals surface area contributed by atoms with Gasteiger partial charge in [0.2, 0.25) is 0 Å². The molecule has 0 aliphatic rings. The second kappa shape index (κ2) is 5.18. The summed E-state index contributed by atoms with van der Waals surface area (Å²) in [5.41, 5.74) is 1.93. The van der Waals surface area contributed by atoms with Crippen molar-refractivity contribution < 1.29 is 0 Å². The SMILES string of the molecule is C=C(C)/C=C\C(=C)NSC. The van der Waals surface area contributed by atoms with E-state index in [9.17, 15) is 0 Å². The summed E-state index contributed by atoms with van der Waals surface area (Å²) in [5, 5.41) is 0. The minimum Gasteiger partial charge on any atom is -0.331 e. The van der Waals surface area contributed by atoms with Crippen LogP contribution in [0.5, 0.6) is 0 Å². The Morgan fingerprint density at radius 1 is 1.40 bits per heavy atom. The van der Waals surface area contributed by atoms with Gasteiger partial charge in [0.05, 0.1) is 0 Å². The Hall–Kier alpha value is -0.630. The van der Waals surface area contributed by atoms with E-state index in [1.54, 1.807) is 0 Å². The third-order valence-corrected chi connectivity index (χ3v) is 1.27. The van der Waals surface area contributed by atoms with Crippen molar-refractivity contribution in [2.24, 2.45) is 0 Å². The van der Waals surface area contributed by atoms with Gasteiger partial charge in [0, 0.05) is 12.0 Å². The molecule has 10 heavy (non-hydrogen) atoms. The first kappa shape index (κ1) is 9.37. The third-order valence-electron chi connectivity index (χ3n) is 0.802. The quantitative estimate of drug-likeness (QED) is 0.494. The fourth-order valence-electron chi connectivity index (χ4n) is 0.408. The van der Waals surface area contributed by atoms with Crippen LogP contribution in [0.15, 0.2) is 36.6 Å². The molecule has 0 aliphatic carbocycles. The third kappa shape index (κ3) is 5.51. The van der Waals surface area contributed by atoms with Crippen molar-refractivity contribution in [3.05, 3.63) is 36.6 Å². The van der Waals surface area contributed by atoms with Gasteiger partial charge in [-0.2, -0.15) is 0 Å². The fourth-order valence-corrected chi connectivity index (χ4v) is 0.738. The number of nitrogens with one attached hydrogen (secondary N) is 1. The molecule has 0 heterocycles. The van der Waals surface area contributed by atoms with Gasteiger partial charge in [-0.25, -0.2) is 0 Å². The lowest BCUT2D eigenvalue weighted by Crippen LogP contribution is -1.96. The molecule has 0 aromatic heterocycles. The van der Waals surface area contributed by atoms with Gasteiger partial charge >= 0.3 is 0 Å². The van der Waals surface area contributed by atoms with Crippen molar-refractivity contribution in [3.8, 4) is 0 Å². The highest BCUT2D eigenvalue weighted by Crippen LogP contribution is 1.97. The molecule has 2 heteroatoms. The first-order valence-electron chi connectivity index (χ1n) is 2.98. The molecule has 0 atom stereocenters. The summed E-state index contributed by atoms with van der Waals surface area (Å²) in [6.45, 7) is 9.43. The van der Waals surface area contributed by atoms with Gasteiger partial charge in [0.25, 0.3) is 0 Å². The van der Waals surface area contributed by atoms with E-state index in [1.807, 2.05) is 25.3 Å². The van der Waals surface area contributed by atoms with Gasteiger partial charge in [-0.3, -0.25) is 0 Å². The lowest BCUT2D eigenvalue weighted by molar-refractivity contribution is 1.30. The monoisotopic (exact) mass is 155 g/mol. The highest BCUT2D eigenvalue weighted by atomic mass is 32.2. The Bertz CT molecular complexity index is 159. The van der Waals surface area contributed by atoms with Crippen molar-refractivity contribution >= 4 is 11.9 Å². The fraction of sp³-hybridized carbons (Fsp3) is 0.250. The van der Waals surface area contributed by atoms with Crippen LogP contribution in [0.4, 0.5) is 0 Å². The van der Waals surface area contributed by atoms with Crippen molar-refractivity contribution in [1.29, 1.82) is 0 Å². The zero-order valence-electron chi connectivity index (χ0n) is 6.48. The van der Waals surface area contributed by atoms with Gasteiger partial charge in [-0.15, -0.1) is 0 Å². The maximum absolute atomic E-state index is 3.76. The molecule has 0 aromatic rings. The molecular weight excluding hydrogens is 142 g/mol. The van der Waals surface area contributed by atoms with E-state index in [0.29, 0.717) is 0 Å². The summed E-state index contributed by atoms with van der Waals surface area (Å²) in [4.78, 5) is 0. The predicted octanol–water partition coefficient (Wildman–Crippen LogP) is 2.50. The molecule has 0 spiro atoms. The lowest BCUT2D eigenvalue weighted by atomic mass is 10.3. The molecule has 1 N–H and O–H groups in total. The maximum atomic E-state index is 3.76. The van der Waals surface area contributed by atoms with Crippen LogP contribution in [0.1, 0.15) is 6.92 Å². The normalized spacial score (nSPS) is 9.80. The molecule has 0 fully saturated rings. The molecular formula is C8H13NS. The van der Waals surface area contributed by atoms with E-state index >= 15 is 0 Å². The zero-order chi connectivity index (χ0) is 7.98. The number of rotatable bonds is 4. The Labute approximate surface area is 67.0 Å². The maximum Gasteiger partial charge on any atom is 0.0367 e. The number of allylic oxidation sites excluding steroid dienone is 3. The van der Waals surface area contributed by atoms with Crippen LogP contribution >= 0.6 is 11.9 Å². The predicted molar refractivity (Wildman–Crippen MR) is 49.7 cm³/mol. The Balaban J connectivity index is 3.67. The Kier molecular flexibility index (Phi) is 4.85. The minimum absolute atomic E-state index is 0.899. The van der Waals surface area contributed by atoms with Crippen molar-refractivity contribution in [2.75, 3.05) is 6.26 Å². The number of hydrogen-bond donors (Lipinski definition) is 1. The van der Waals surface area contributed by atoms with Crippen molar-refractivity contribution in [1.82, 2.24) is 4.72 Å². The molecule has 0 rings (SSSR count). The van der Waals surface area contributed by atoms with E-state index in [2.05, 4.69) is 17.9 Å². The lowest BCUT2D eigenvalue weighted by Gasteiger charge is -1.98. The van der Waals surface area contributed by atoms with Crippen LogP contribution < -0.4 is 4.72 Å². The summed E-state index contributed by atoms with van der Waals surface area (Å²) in [6.07, 6.45) is 5.78. The summed E-state index contributed by atoms with van der Waals surface area (Å²) in [5.74, 6) is 0. The van der Waals surface area contributed by atoms with E-state index in [1.165, 1.54) is 11.9 Å². The van der Waals surface area contributed by atoms with Gasteiger partial charge in [0.15, 0.2) is 0 Å². The molecule has 0 aliphatic heterocycles. The summed E-state index contributed by atoms with van der Waals surface area (Å²) < 4.78 is 3.00. The van der Waals surface area contributed by atoms with E-state index in [4.69, 9.17) is 0 Å². The first-order valence-corrected chi connectivity index (χ1v) is 4.20. The van der Waals surface area contributed by atoms with Crippen LogP contribution in [0.25, 0.3) is 0 Å². The van der Waals surface area contributed by atoms with Gasteiger partial charge < -0.3 is 4.72 Å².